The molecule has 0 radical (unpaired) electrons. The van der Waals surface area contributed by atoms with Gasteiger partial charge >= 0.3 is 0 Å². The summed E-state index contributed by atoms with van der Waals surface area (Å²) in [5, 5.41) is 4.43. The molecular formula is C17H23FN2S. The molecule has 1 aromatic heterocycles. The molecule has 114 valence electrons. The van der Waals surface area contributed by atoms with E-state index in [1.54, 1.807) is 23.5 Å². The van der Waals surface area contributed by atoms with E-state index in [0.717, 1.165) is 36.5 Å². The number of hydrogen-bond acceptors (Lipinski definition) is 3. The number of nitrogens with one attached hydrogen (secondary N) is 1. The van der Waals surface area contributed by atoms with Crippen molar-refractivity contribution < 1.29 is 4.39 Å². The zero-order valence-corrected chi connectivity index (χ0v) is 13.8. The molecule has 0 fully saturated rings. The number of nitrogens with zero attached hydrogens (tertiary/aromatic N) is 1. The molecule has 21 heavy (non-hydrogen) atoms. The maximum Gasteiger partial charge on any atom is 0.123 e. The minimum Gasteiger partial charge on any atom is -0.312 e. The molecule has 0 aliphatic carbocycles. The Bertz CT molecular complexity index is 561. The van der Waals surface area contributed by atoms with Gasteiger partial charge in [-0.25, -0.2) is 9.37 Å². The fourth-order valence-electron chi connectivity index (χ4n) is 2.16. The second-order valence-electron chi connectivity index (χ2n) is 5.67. The van der Waals surface area contributed by atoms with Gasteiger partial charge in [0, 0.05) is 17.0 Å². The molecule has 0 bridgehead atoms. The fraction of sp³-hybridized carbons (Fsp3) is 0.471. The molecule has 1 aromatic carbocycles. The SMILES string of the molecule is CCCNCc1sc(-c2ccc(F)cc2)nc1CC(C)C. The Hall–Kier alpha value is -1.26. The van der Waals surface area contributed by atoms with E-state index in [2.05, 4.69) is 26.1 Å². The second kappa shape index (κ2) is 7.66. The zero-order chi connectivity index (χ0) is 15.2. The average molecular weight is 306 g/mol. The maximum absolute atomic E-state index is 13.0. The molecule has 0 aliphatic heterocycles. The van der Waals surface area contributed by atoms with E-state index < -0.39 is 0 Å². The van der Waals surface area contributed by atoms with E-state index in [4.69, 9.17) is 4.98 Å². The number of hydrogen-bond donors (Lipinski definition) is 1. The first-order chi connectivity index (χ1) is 10.1. The molecule has 4 heteroatoms. The van der Waals surface area contributed by atoms with Crippen molar-refractivity contribution in [1.29, 1.82) is 0 Å². The molecule has 0 unspecified atom stereocenters. The molecule has 1 heterocycles. The summed E-state index contributed by atoms with van der Waals surface area (Å²) in [6.45, 7) is 8.47. The minimum absolute atomic E-state index is 0.206. The number of aromatic nitrogens is 1. The lowest BCUT2D eigenvalue weighted by Gasteiger charge is -2.05. The molecule has 0 spiro atoms. The lowest BCUT2D eigenvalue weighted by molar-refractivity contribution is 0.623. The predicted molar refractivity (Wildman–Crippen MR) is 88.0 cm³/mol. The highest BCUT2D eigenvalue weighted by Crippen LogP contribution is 2.29. The van der Waals surface area contributed by atoms with Crippen molar-refractivity contribution in [1.82, 2.24) is 10.3 Å². The van der Waals surface area contributed by atoms with Gasteiger partial charge in [0.2, 0.25) is 0 Å². The van der Waals surface area contributed by atoms with E-state index in [1.807, 2.05) is 0 Å². The first kappa shape index (κ1) is 16.1. The summed E-state index contributed by atoms with van der Waals surface area (Å²) in [6, 6.07) is 6.59. The van der Waals surface area contributed by atoms with Gasteiger partial charge in [-0.15, -0.1) is 11.3 Å². The first-order valence-electron chi connectivity index (χ1n) is 7.55. The van der Waals surface area contributed by atoms with Crippen LogP contribution >= 0.6 is 11.3 Å². The van der Waals surface area contributed by atoms with Crippen molar-refractivity contribution in [3.63, 3.8) is 0 Å². The molecule has 0 saturated carbocycles. The van der Waals surface area contributed by atoms with Crippen molar-refractivity contribution in [3.05, 3.63) is 40.7 Å². The predicted octanol–water partition coefficient (Wildman–Crippen LogP) is 4.65. The smallest absolute Gasteiger partial charge is 0.123 e. The summed E-state index contributed by atoms with van der Waals surface area (Å²) in [5.41, 5.74) is 2.17. The summed E-state index contributed by atoms with van der Waals surface area (Å²) < 4.78 is 13.0. The zero-order valence-electron chi connectivity index (χ0n) is 12.9. The van der Waals surface area contributed by atoms with Crippen LogP contribution in [0.5, 0.6) is 0 Å². The minimum atomic E-state index is -0.206. The number of thiazole rings is 1. The van der Waals surface area contributed by atoms with Crippen molar-refractivity contribution in [2.45, 2.75) is 40.2 Å². The van der Waals surface area contributed by atoms with Gasteiger partial charge in [0.1, 0.15) is 10.8 Å². The van der Waals surface area contributed by atoms with E-state index in [0.29, 0.717) is 5.92 Å². The molecule has 2 aromatic rings. The quantitative estimate of drug-likeness (QED) is 0.753. The van der Waals surface area contributed by atoms with Gasteiger partial charge in [-0.05, 0) is 49.6 Å². The summed E-state index contributed by atoms with van der Waals surface area (Å²) in [6.07, 6.45) is 2.12. The monoisotopic (exact) mass is 306 g/mol. The Kier molecular flexibility index (Phi) is 5.88. The number of halogens is 1. The van der Waals surface area contributed by atoms with Crippen LogP contribution in [0, 0.1) is 11.7 Å². The van der Waals surface area contributed by atoms with Gasteiger partial charge in [-0.3, -0.25) is 0 Å². The van der Waals surface area contributed by atoms with Gasteiger partial charge in [0.25, 0.3) is 0 Å². The summed E-state index contributed by atoms with van der Waals surface area (Å²) in [7, 11) is 0. The number of benzene rings is 1. The van der Waals surface area contributed by atoms with Gasteiger partial charge in [-0.2, -0.15) is 0 Å². The van der Waals surface area contributed by atoms with Crippen molar-refractivity contribution in [3.8, 4) is 10.6 Å². The third-order valence-electron chi connectivity index (χ3n) is 3.18. The second-order valence-corrected chi connectivity index (χ2v) is 6.75. The fourth-order valence-corrected chi connectivity index (χ4v) is 3.23. The molecule has 2 nitrogen and oxygen atoms in total. The molecule has 0 atom stereocenters. The van der Waals surface area contributed by atoms with Crippen LogP contribution in [0.25, 0.3) is 10.6 Å². The lowest BCUT2D eigenvalue weighted by atomic mass is 10.1. The van der Waals surface area contributed by atoms with Gasteiger partial charge < -0.3 is 5.32 Å². The van der Waals surface area contributed by atoms with Crippen LogP contribution in [0.4, 0.5) is 4.39 Å². The van der Waals surface area contributed by atoms with Crippen LogP contribution in [0.2, 0.25) is 0 Å². The molecular weight excluding hydrogens is 283 g/mol. The van der Waals surface area contributed by atoms with E-state index in [-0.39, 0.29) is 5.82 Å². The van der Waals surface area contributed by atoms with Gasteiger partial charge in [0.05, 0.1) is 5.69 Å². The first-order valence-corrected chi connectivity index (χ1v) is 8.37. The summed E-state index contributed by atoms with van der Waals surface area (Å²) >= 11 is 1.71. The summed E-state index contributed by atoms with van der Waals surface area (Å²) in [4.78, 5) is 6.09. The normalized spacial score (nSPS) is 11.3. The Labute approximate surface area is 130 Å². The van der Waals surface area contributed by atoms with Crippen molar-refractivity contribution in [2.75, 3.05) is 6.54 Å². The van der Waals surface area contributed by atoms with Crippen LogP contribution in [-0.4, -0.2) is 11.5 Å². The topological polar surface area (TPSA) is 24.9 Å². The molecule has 2 rings (SSSR count). The molecule has 0 amide bonds. The van der Waals surface area contributed by atoms with Crippen LogP contribution in [0.1, 0.15) is 37.8 Å². The lowest BCUT2D eigenvalue weighted by Crippen LogP contribution is -2.14. The van der Waals surface area contributed by atoms with Crippen molar-refractivity contribution >= 4 is 11.3 Å². The average Bonchev–Trinajstić information content (AvgIpc) is 2.82. The van der Waals surface area contributed by atoms with Crippen LogP contribution < -0.4 is 5.32 Å². The number of rotatable bonds is 7. The highest BCUT2D eigenvalue weighted by atomic mass is 32.1. The van der Waals surface area contributed by atoms with Crippen molar-refractivity contribution in [2.24, 2.45) is 5.92 Å². The highest BCUT2D eigenvalue weighted by molar-refractivity contribution is 7.15. The Morgan fingerprint density at radius 3 is 2.57 bits per heavy atom. The summed E-state index contributed by atoms with van der Waals surface area (Å²) in [5.74, 6) is 0.376. The third-order valence-corrected chi connectivity index (χ3v) is 4.33. The van der Waals surface area contributed by atoms with E-state index in [9.17, 15) is 4.39 Å². The molecule has 0 saturated heterocycles. The standard InChI is InChI=1S/C17H23FN2S/c1-4-9-19-11-16-15(10-12(2)3)20-17(21-16)13-5-7-14(18)8-6-13/h5-8,12,19H,4,9-11H2,1-3H3. The third kappa shape index (κ3) is 4.61. The van der Waals surface area contributed by atoms with E-state index in [1.165, 1.54) is 22.7 Å². The van der Waals surface area contributed by atoms with Crippen LogP contribution in [0.15, 0.2) is 24.3 Å². The molecule has 0 aliphatic rings. The molecule has 1 N–H and O–H groups in total. The Balaban J connectivity index is 2.23. The van der Waals surface area contributed by atoms with Crippen LogP contribution in [-0.2, 0) is 13.0 Å². The largest absolute Gasteiger partial charge is 0.312 e. The highest BCUT2D eigenvalue weighted by Gasteiger charge is 2.13. The Morgan fingerprint density at radius 1 is 1.24 bits per heavy atom. The Morgan fingerprint density at radius 2 is 1.95 bits per heavy atom. The van der Waals surface area contributed by atoms with E-state index >= 15 is 0 Å². The van der Waals surface area contributed by atoms with Gasteiger partial charge in [0.15, 0.2) is 0 Å². The van der Waals surface area contributed by atoms with Gasteiger partial charge in [-0.1, -0.05) is 20.8 Å². The van der Waals surface area contributed by atoms with Crippen LogP contribution in [0.3, 0.4) is 0 Å². The maximum atomic E-state index is 13.0.